The van der Waals surface area contributed by atoms with Crippen LogP contribution in [-0.4, -0.2) is 33.4 Å². The Kier molecular flexibility index (Phi) is 4.17. The maximum atomic E-state index is 5.45. The Bertz CT molecular complexity index is 237. The normalized spacial score (nSPS) is 10.5. The van der Waals surface area contributed by atoms with Gasteiger partial charge >= 0.3 is 0 Å². The summed E-state index contributed by atoms with van der Waals surface area (Å²) in [5.74, 6) is 0.332. The highest BCUT2D eigenvalue weighted by molar-refractivity contribution is 5.09. The van der Waals surface area contributed by atoms with E-state index < -0.39 is 0 Å². The summed E-state index contributed by atoms with van der Waals surface area (Å²) in [4.78, 5) is 0. The highest BCUT2D eigenvalue weighted by Gasteiger charge is 1.99. The summed E-state index contributed by atoms with van der Waals surface area (Å²) in [7, 11) is 0. The number of unbranched alkanes of at least 4 members (excludes halogenated alkanes) is 1. The lowest BCUT2D eigenvalue weighted by molar-refractivity contribution is 0.121. The average Bonchev–Trinajstić information content (AvgIpc) is 2.52. The summed E-state index contributed by atoms with van der Waals surface area (Å²) in [5, 5.41) is 10.7. The molecule has 13 heavy (non-hydrogen) atoms. The first-order valence-corrected chi connectivity index (χ1v) is 4.44. The first-order chi connectivity index (χ1) is 6.34. The Labute approximate surface area is 77.1 Å². The molecule has 0 fully saturated rings. The van der Waals surface area contributed by atoms with E-state index in [0.717, 1.165) is 19.4 Å². The smallest absolute Gasteiger partial charge is 0.240 e. The topological polar surface area (TPSA) is 78.8 Å². The van der Waals surface area contributed by atoms with Gasteiger partial charge in [0, 0.05) is 6.61 Å². The zero-order valence-electron chi connectivity index (χ0n) is 7.81. The van der Waals surface area contributed by atoms with Crippen LogP contribution in [0.15, 0.2) is 0 Å². The van der Waals surface area contributed by atoms with Crippen LogP contribution < -0.4 is 5.73 Å². The van der Waals surface area contributed by atoms with Crippen molar-refractivity contribution in [2.45, 2.75) is 26.3 Å². The SMILES string of the molecule is CCCCOCCn1nnnc1N. The van der Waals surface area contributed by atoms with Gasteiger partial charge in [-0.05, 0) is 16.8 Å². The molecule has 0 bridgehead atoms. The van der Waals surface area contributed by atoms with E-state index in [1.54, 1.807) is 0 Å². The number of nitrogens with two attached hydrogens (primary N) is 1. The third-order valence-electron chi connectivity index (χ3n) is 1.65. The maximum Gasteiger partial charge on any atom is 0.240 e. The van der Waals surface area contributed by atoms with E-state index in [2.05, 4.69) is 22.4 Å². The molecule has 1 aromatic heterocycles. The molecule has 0 aliphatic rings. The Hall–Kier alpha value is -1.17. The number of nitrogens with zero attached hydrogens (tertiary/aromatic N) is 4. The standard InChI is InChI=1S/C7H15N5O/c1-2-3-5-13-6-4-12-7(8)9-10-11-12/h2-6H2,1H3,(H2,8,9,11). The lowest BCUT2D eigenvalue weighted by atomic mass is 10.4. The molecule has 0 aromatic carbocycles. The monoisotopic (exact) mass is 185 g/mol. The molecule has 1 heterocycles. The van der Waals surface area contributed by atoms with E-state index in [4.69, 9.17) is 10.5 Å². The number of nitrogen functional groups attached to an aromatic ring is 1. The molecular weight excluding hydrogens is 170 g/mol. The van der Waals surface area contributed by atoms with Crippen LogP contribution >= 0.6 is 0 Å². The molecule has 0 aliphatic heterocycles. The Balaban J connectivity index is 2.10. The highest BCUT2D eigenvalue weighted by atomic mass is 16.5. The predicted octanol–water partition coefficient (Wildman–Crippen LogP) is 0.0720. The number of hydrogen-bond acceptors (Lipinski definition) is 5. The van der Waals surface area contributed by atoms with Gasteiger partial charge in [0.15, 0.2) is 0 Å². The largest absolute Gasteiger partial charge is 0.380 e. The maximum absolute atomic E-state index is 5.45. The number of rotatable bonds is 6. The first-order valence-electron chi connectivity index (χ1n) is 4.44. The van der Waals surface area contributed by atoms with Crippen molar-refractivity contribution in [1.29, 1.82) is 0 Å². The van der Waals surface area contributed by atoms with Gasteiger partial charge in [0.2, 0.25) is 5.95 Å². The molecule has 0 amide bonds. The van der Waals surface area contributed by atoms with E-state index >= 15 is 0 Å². The predicted molar refractivity (Wildman–Crippen MR) is 48.0 cm³/mol. The van der Waals surface area contributed by atoms with Crippen LogP contribution in [0.4, 0.5) is 5.95 Å². The zero-order valence-corrected chi connectivity index (χ0v) is 7.81. The molecular formula is C7H15N5O. The third-order valence-corrected chi connectivity index (χ3v) is 1.65. The lowest BCUT2D eigenvalue weighted by Crippen LogP contribution is -2.10. The van der Waals surface area contributed by atoms with E-state index in [1.165, 1.54) is 4.68 Å². The van der Waals surface area contributed by atoms with E-state index in [9.17, 15) is 0 Å². The molecule has 0 saturated carbocycles. The minimum atomic E-state index is 0.332. The fourth-order valence-corrected chi connectivity index (χ4v) is 0.870. The van der Waals surface area contributed by atoms with Crippen molar-refractivity contribution in [3.05, 3.63) is 0 Å². The molecule has 0 unspecified atom stereocenters. The summed E-state index contributed by atoms with van der Waals surface area (Å²) in [6.07, 6.45) is 2.23. The molecule has 0 spiro atoms. The van der Waals surface area contributed by atoms with Crippen molar-refractivity contribution in [3.63, 3.8) is 0 Å². The van der Waals surface area contributed by atoms with Crippen LogP contribution in [0.3, 0.4) is 0 Å². The second-order valence-corrected chi connectivity index (χ2v) is 2.73. The number of aromatic nitrogens is 4. The summed E-state index contributed by atoms with van der Waals surface area (Å²) < 4.78 is 6.85. The van der Waals surface area contributed by atoms with E-state index in [0.29, 0.717) is 19.1 Å². The highest BCUT2D eigenvalue weighted by Crippen LogP contribution is 1.93. The Morgan fingerprint density at radius 2 is 2.31 bits per heavy atom. The molecule has 1 rings (SSSR count). The minimum Gasteiger partial charge on any atom is -0.380 e. The summed E-state index contributed by atoms with van der Waals surface area (Å²) in [5.41, 5.74) is 5.45. The molecule has 74 valence electrons. The second-order valence-electron chi connectivity index (χ2n) is 2.73. The van der Waals surface area contributed by atoms with Crippen LogP contribution in [0.25, 0.3) is 0 Å². The van der Waals surface area contributed by atoms with Gasteiger partial charge in [-0.2, -0.15) is 0 Å². The van der Waals surface area contributed by atoms with Gasteiger partial charge in [-0.1, -0.05) is 18.4 Å². The van der Waals surface area contributed by atoms with Crippen molar-refractivity contribution in [1.82, 2.24) is 20.2 Å². The number of anilines is 1. The first kappa shape index (κ1) is 9.91. The van der Waals surface area contributed by atoms with Gasteiger partial charge in [-0.3, -0.25) is 0 Å². The molecule has 6 nitrogen and oxygen atoms in total. The number of tetrazole rings is 1. The number of ether oxygens (including phenoxy) is 1. The summed E-state index contributed by atoms with van der Waals surface area (Å²) >= 11 is 0. The molecule has 0 atom stereocenters. The zero-order chi connectivity index (χ0) is 9.52. The average molecular weight is 185 g/mol. The van der Waals surface area contributed by atoms with Gasteiger partial charge in [-0.15, -0.1) is 0 Å². The summed E-state index contributed by atoms with van der Waals surface area (Å²) in [6, 6.07) is 0. The molecule has 2 N–H and O–H groups in total. The quantitative estimate of drug-likeness (QED) is 0.634. The Morgan fingerprint density at radius 3 is 2.92 bits per heavy atom. The second kappa shape index (κ2) is 5.47. The van der Waals surface area contributed by atoms with Gasteiger partial charge in [0.25, 0.3) is 0 Å². The van der Waals surface area contributed by atoms with Gasteiger partial charge in [0.05, 0.1) is 13.2 Å². The number of hydrogen-bond donors (Lipinski definition) is 1. The van der Waals surface area contributed by atoms with Gasteiger partial charge < -0.3 is 10.5 Å². The molecule has 0 radical (unpaired) electrons. The molecule has 0 saturated heterocycles. The third kappa shape index (κ3) is 3.37. The van der Waals surface area contributed by atoms with E-state index in [-0.39, 0.29) is 0 Å². The van der Waals surface area contributed by atoms with Crippen molar-refractivity contribution < 1.29 is 4.74 Å². The van der Waals surface area contributed by atoms with Crippen molar-refractivity contribution in [2.75, 3.05) is 18.9 Å². The van der Waals surface area contributed by atoms with Gasteiger partial charge in [-0.25, -0.2) is 4.68 Å². The Morgan fingerprint density at radius 1 is 1.46 bits per heavy atom. The van der Waals surface area contributed by atoms with Crippen molar-refractivity contribution in [3.8, 4) is 0 Å². The van der Waals surface area contributed by atoms with Crippen LogP contribution in [0.5, 0.6) is 0 Å². The van der Waals surface area contributed by atoms with Gasteiger partial charge in [0.1, 0.15) is 0 Å². The van der Waals surface area contributed by atoms with E-state index in [1.807, 2.05) is 0 Å². The van der Waals surface area contributed by atoms with Crippen molar-refractivity contribution in [2.24, 2.45) is 0 Å². The fraction of sp³-hybridized carbons (Fsp3) is 0.857. The molecule has 6 heteroatoms. The van der Waals surface area contributed by atoms with Crippen LogP contribution in [-0.2, 0) is 11.3 Å². The van der Waals surface area contributed by atoms with Crippen LogP contribution in [0.1, 0.15) is 19.8 Å². The molecule has 0 aliphatic carbocycles. The van der Waals surface area contributed by atoms with Crippen LogP contribution in [0, 0.1) is 0 Å². The lowest BCUT2D eigenvalue weighted by Gasteiger charge is -2.02. The van der Waals surface area contributed by atoms with Crippen LogP contribution in [0.2, 0.25) is 0 Å². The molecule has 1 aromatic rings. The fourth-order valence-electron chi connectivity index (χ4n) is 0.870. The minimum absolute atomic E-state index is 0.332. The van der Waals surface area contributed by atoms with Crippen molar-refractivity contribution >= 4 is 5.95 Å². The summed E-state index contributed by atoms with van der Waals surface area (Å²) in [6.45, 7) is 4.14.